The quantitative estimate of drug-likeness (QED) is 0.801. The minimum Gasteiger partial charge on any atom is -0.386 e. The summed E-state index contributed by atoms with van der Waals surface area (Å²) in [5.41, 5.74) is 0. The van der Waals surface area contributed by atoms with Crippen LogP contribution >= 0.6 is 0 Å². The van der Waals surface area contributed by atoms with E-state index in [0.717, 1.165) is 0 Å². The van der Waals surface area contributed by atoms with E-state index in [4.69, 9.17) is 28.9 Å². The van der Waals surface area contributed by atoms with Crippen molar-refractivity contribution in [3.8, 4) is 6.07 Å². The third-order valence-electron chi connectivity index (χ3n) is 3.98. The smallest absolute Gasteiger partial charge is 0.228 e. The maximum Gasteiger partial charge on any atom is 0.228 e. The minimum absolute atomic E-state index is 0.111. The molecule has 3 fully saturated rings. The maximum absolute atomic E-state index is 10.4. The highest BCUT2D eigenvalue weighted by Crippen LogP contribution is 2.50. The first-order chi connectivity index (χ1) is 9.69. The molecule has 0 aliphatic carbocycles. The molecule has 0 spiro atoms. The van der Waals surface area contributed by atoms with E-state index in [1.54, 1.807) is 13.8 Å². The average Bonchev–Trinajstić information content (AvgIpc) is 2.78. The van der Waals surface area contributed by atoms with Gasteiger partial charge in [-0.25, -0.2) is 0 Å². The Labute approximate surface area is 123 Å². The maximum atomic E-state index is 10.4. The highest BCUT2D eigenvalue weighted by molar-refractivity contribution is 5.09. The first-order valence-corrected chi connectivity index (χ1v) is 7.12. The molecule has 3 heterocycles. The van der Waals surface area contributed by atoms with Crippen LogP contribution in [0, 0.1) is 11.3 Å². The third-order valence-corrected chi connectivity index (χ3v) is 3.98. The van der Waals surface area contributed by atoms with E-state index in [1.165, 1.54) is 0 Å². The lowest BCUT2D eigenvalue weighted by Crippen LogP contribution is -2.53. The van der Waals surface area contributed by atoms with Crippen molar-refractivity contribution < 1.29 is 28.8 Å². The predicted molar refractivity (Wildman–Crippen MR) is 68.8 cm³/mol. The molecule has 0 aromatic rings. The molecule has 0 bridgehead atoms. The molecule has 0 aromatic heterocycles. The number of nitriles is 1. The van der Waals surface area contributed by atoms with Gasteiger partial charge in [0.05, 0.1) is 19.1 Å². The fraction of sp³-hybridized carbons (Fsp3) is 0.929. The number of hydrogen-bond donors (Lipinski definition) is 1. The van der Waals surface area contributed by atoms with Crippen molar-refractivity contribution in [3.05, 3.63) is 0 Å². The zero-order chi connectivity index (χ0) is 15.5. The topological polar surface area (TPSA) is 90.2 Å². The molecule has 0 radical (unpaired) electrons. The Bertz CT molecular complexity index is 473. The average molecular weight is 299 g/mol. The lowest BCUT2D eigenvalue weighted by Gasteiger charge is -2.38. The number of fused-ring (bicyclic) bond motifs is 3. The van der Waals surface area contributed by atoms with Crippen LogP contribution in [0.3, 0.4) is 0 Å². The van der Waals surface area contributed by atoms with Gasteiger partial charge in [-0.1, -0.05) is 0 Å². The highest BCUT2D eigenvalue weighted by Gasteiger charge is 2.69. The van der Waals surface area contributed by atoms with Crippen LogP contribution in [0.15, 0.2) is 0 Å². The van der Waals surface area contributed by atoms with Crippen molar-refractivity contribution in [1.82, 2.24) is 0 Å². The summed E-state index contributed by atoms with van der Waals surface area (Å²) >= 11 is 0. The van der Waals surface area contributed by atoms with E-state index in [-0.39, 0.29) is 6.42 Å². The second-order valence-electron chi connectivity index (χ2n) is 6.59. The van der Waals surface area contributed by atoms with Gasteiger partial charge in [0.1, 0.15) is 24.4 Å². The van der Waals surface area contributed by atoms with Gasteiger partial charge in [-0.2, -0.15) is 5.26 Å². The fourth-order valence-corrected chi connectivity index (χ4v) is 3.22. The Morgan fingerprint density at radius 1 is 1.19 bits per heavy atom. The van der Waals surface area contributed by atoms with Crippen LogP contribution in [-0.2, 0) is 23.7 Å². The van der Waals surface area contributed by atoms with Gasteiger partial charge in [-0.05, 0) is 27.7 Å². The van der Waals surface area contributed by atoms with Crippen LogP contribution in [0.1, 0.15) is 34.1 Å². The van der Waals surface area contributed by atoms with Crippen LogP contribution in [0.25, 0.3) is 0 Å². The molecule has 3 aliphatic rings. The second kappa shape index (κ2) is 4.62. The van der Waals surface area contributed by atoms with Crippen LogP contribution < -0.4 is 0 Å². The summed E-state index contributed by atoms with van der Waals surface area (Å²) in [5.74, 6) is -3.06. The molecule has 118 valence electrons. The Morgan fingerprint density at radius 2 is 1.90 bits per heavy atom. The van der Waals surface area contributed by atoms with E-state index >= 15 is 0 Å². The van der Waals surface area contributed by atoms with Crippen molar-refractivity contribution in [2.45, 2.75) is 75.9 Å². The van der Waals surface area contributed by atoms with Crippen molar-refractivity contribution >= 4 is 0 Å². The molecule has 0 aromatic carbocycles. The number of hydrogen-bond acceptors (Lipinski definition) is 7. The van der Waals surface area contributed by atoms with Crippen LogP contribution in [0.4, 0.5) is 0 Å². The Kier molecular flexibility index (Phi) is 3.34. The van der Waals surface area contributed by atoms with Gasteiger partial charge in [0.2, 0.25) is 5.79 Å². The molecule has 7 heteroatoms. The van der Waals surface area contributed by atoms with Gasteiger partial charge in [0.15, 0.2) is 11.6 Å². The summed E-state index contributed by atoms with van der Waals surface area (Å²) in [5, 5.41) is 19.2. The zero-order valence-corrected chi connectivity index (χ0v) is 12.7. The van der Waals surface area contributed by atoms with Crippen LogP contribution in [0.5, 0.6) is 0 Å². The Morgan fingerprint density at radius 3 is 2.57 bits per heavy atom. The molecule has 0 amide bonds. The number of rotatable bonds is 2. The standard InChI is InChI=1S/C14H21NO6/c1-12(2)17-7-8-10(19-12)11-14(18-8,9(16)5-6-15)21-13(3,4)20-11/h8-11,16H,5,7H2,1-4H3/t8-,9+,10+,11-,14-/m0/s1. The molecule has 0 unspecified atom stereocenters. The number of ether oxygens (including phenoxy) is 5. The summed E-state index contributed by atoms with van der Waals surface area (Å²) in [4.78, 5) is 0. The first-order valence-electron chi connectivity index (χ1n) is 7.12. The Hall–Kier alpha value is -0.750. The largest absolute Gasteiger partial charge is 0.386 e. The molecular weight excluding hydrogens is 278 g/mol. The molecular formula is C14H21NO6. The molecule has 5 atom stereocenters. The number of aliphatic hydroxyl groups is 1. The zero-order valence-electron chi connectivity index (χ0n) is 12.7. The fourth-order valence-electron chi connectivity index (χ4n) is 3.22. The molecule has 7 nitrogen and oxygen atoms in total. The highest BCUT2D eigenvalue weighted by atomic mass is 16.9. The van der Waals surface area contributed by atoms with E-state index < -0.39 is 41.8 Å². The van der Waals surface area contributed by atoms with E-state index in [0.29, 0.717) is 6.61 Å². The second-order valence-corrected chi connectivity index (χ2v) is 6.59. The van der Waals surface area contributed by atoms with Gasteiger partial charge >= 0.3 is 0 Å². The summed E-state index contributed by atoms with van der Waals surface area (Å²) in [7, 11) is 0. The number of aliphatic hydroxyl groups excluding tert-OH is 1. The predicted octanol–water partition coefficient (Wildman–Crippen LogP) is 0.659. The van der Waals surface area contributed by atoms with Crippen LogP contribution in [0.2, 0.25) is 0 Å². The summed E-state index contributed by atoms with van der Waals surface area (Å²) < 4.78 is 29.2. The molecule has 21 heavy (non-hydrogen) atoms. The molecule has 3 saturated heterocycles. The SMILES string of the molecule is CC1(C)OC[C@@H]2O[C@@]3([C@H](O)CC#N)OC(C)(C)O[C@H]3[C@@H]2O1. The molecule has 3 aliphatic heterocycles. The lowest BCUT2D eigenvalue weighted by atomic mass is 9.98. The van der Waals surface area contributed by atoms with Gasteiger partial charge < -0.3 is 28.8 Å². The van der Waals surface area contributed by atoms with Crippen LogP contribution in [-0.4, -0.2) is 53.5 Å². The summed E-state index contributed by atoms with van der Waals surface area (Å²) in [6, 6.07) is 1.94. The van der Waals surface area contributed by atoms with Gasteiger partial charge in [-0.15, -0.1) is 0 Å². The van der Waals surface area contributed by atoms with Crippen molar-refractivity contribution in [1.29, 1.82) is 5.26 Å². The van der Waals surface area contributed by atoms with Crippen molar-refractivity contribution in [2.24, 2.45) is 0 Å². The minimum atomic E-state index is -1.39. The lowest BCUT2D eigenvalue weighted by molar-refractivity contribution is -0.335. The first kappa shape index (κ1) is 15.2. The summed E-state index contributed by atoms with van der Waals surface area (Å²) in [6.07, 6.45) is -2.65. The number of nitrogens with zero attached hydrogens (tertiary/aromatic N) is 1. The normalized spacial score (nSPS) is 44.7. The van der Waals surface area contributed by atoms with Gasteiger partial charge in [-0.3, -0.25) is 0 Å². The third kappa shape index (κ3) is 2.36. The van der Waals surface area contributed by atoms with Crippen molar-refractivity contribution in [2.75, 3.05) is 6.61 Å². The van der Waals surface area contributed by atoms with Gasteiger partial charge in [0.25, 0.3) is 0 Å². The molecule has 1 N–H and O–H groups in total. The Balaban J connectivity index is 1.92. The van der Waals surface area contributed by atoms with E-state index in [2.05, 4.69) is 0 Å². The monoisotopic (exact) mass is 299 g/mol. The molecule has 3 rings (SSSR count). The van der Waals surface area contributed by atoms with Gasteiger partial charge in [0, 0.05) is 0 Å². The van der Waals surface area contributed by atoms with Crippen molar-refractivity contribution in [3.63, 3.8) is 0 Å². The summed E-state index contributed by atoms with van der Waals surface area (Å²) in [6.45, 7) is 7.44. The molecule has 0 saturated carbocycles. The van der Waals surface area contributed by atoms with E-state index in [9.17, 15) is 5.11 Å². The van der Waals surface area contributed by atoms with E-state index in [1.807, 2.05) is 19.9 Å².